The normalized spacial score (nSPS) is 19.2. The summed E-state index contributed by atoms with van der Waals surface area (Å²) in [4.78, 5) is 10.1. The lowest BCUT2D eigenvalue weighted by atomic mass is 10.2. The van der Waals surface area contributed by atoms with Gasteiger partial charge in [0, 0.05) is 24.2 Å². The number of nitrogens with zero attached hydrogens (tertiary/aromatic N) is 1. The molecular formula is C11H14ClN3O4S. The van der Waals surface area contributed by atoms with Gasteiger partial charge in [0.2, 0.25) is 10.0 Å². The van der Waals surface area contributed by atoms with Gasteiger partial charge in [-0.15, -0.1) is 0 Å². The van der Waals surface area contributed by atoms with E-state index in [0.717, 1.165) is 12.6 Å². The number of hydrogen-bond acceptors (Lipinski definition) is 5. The van der Waals surface area contributed by atoms with Gasteiger partial charge in [-0.1, -0.05) is 11.6 Å². The Bertz CT molecular complexity index is 641. The third-order valence-electron chi connectivity index (χ3n) is 3.18. The van der Waals surface area contributed by atoms with E-state index in [2.05, 4.69) is 10.0 Å². The molecule has 20 heavy (non-hydrogen) atoms. The molecule has 1 aliphatic heterocycles. The number of nitro groups is 1. The van der Waals surface area contributed by atoms with Crippen LogP contribution in [0.25, 0.3) is 0 Å². The Kier molecular flexibility index (Phi) is 4.28. The van der Waals surface area contributed by atoms with Crippen molar-refractivity contribution in [3.8, 4) is 0 Å². The Morgan fingerprint density at radius 3 is 2.75 bits per heavy atom. The lowest BCUT2D eigenvalue weighted by Gasteiger charge is -2.12. The van der Waals surface area contributed by atoms with Crippen LogP contribution in [0, 0.1) is 17.0 Å². The Morgan fingerprint density at radius 1 is 1.50 bits per heavy atom. The zero-order valence-electron chi connectivity index (χ0n) is 10.7. The van der Waals surface area contributed by atoms with E-state index in [9.17, 15) is 18.5 Å². The van der Waals surface area contributed by atoms with E-state index in [1.54, 1.807) is 0 Å². The fraction of sp³-hybridized carbons (Fsp3) is 0.455. The van der Waals surface area contributed by atoms with Crippen LogP contribution in [0.4, 0.5) is 5.69 Å². The first-order valence-electron chi connectivity index (χ1n) is 5.99. The minimum atomic E-state index is -3.82. The summed E-state index contributed by atoms with van der Waals surface area (Å²) in [7, 11) is -3.82. The molecule has 1 aromatic rings. The molecule has 1 unspecified atom stereocenters. The number of hydrogen-bond donors (Lipinski definition) is 2. The van der Waals surface area contributed by atoms with Crippen molar-refractivity contribution in [1.82, 2.24) is 10.0 Å². The van der Waals surface area contributed by atoms with Crippen molar-refractivity contribution in [3.05, 3.63) is 32.8 Å². The van der Waals surface area contributed by atoms with Gasteiger partial charge < -0.3 is 5.32 Å². The smallest absolute Gasteiger partial charge is 0.275 e. The standard InChI is InChI=1S/C11H14ClN3O4S/c1-7-10(12)4-9(5-11(7)15(16)17)20(18,19)14-8-2-3-13-6-8/h4-5,8,13-14H,2-3,6H2,1H3. The lowest BCUT2D eigenvalue weighted by molar-refractivity contribution is -0.385. The second-order valence-electron chi connectivity index (χ2n) is 4.62. The molecule has 1 aliphatic rings. The van der Waals surface area contributed by atoms with E-state index in [1.807, 2.05) is 0 Å². The summed E-state index contributed by atoms with van der Waals surface area (Å²) in [5.41, 5.74) is -0.0550. The Morgan fingerprint density at radius 2 is 2.20 bits per heavy atom. The van der Waals surface area contributed by atoms with Gasteiger partial charge in [0.25, 0.3) is 5.69 Å². The number of halogens is 1. The van der Waals surface area contributed by atoms with Crippen molar-refractivity contribution in [2.45, 2.75) is 24.3 Å². The van der Waals surface area contributed by atoms with E-state index in [4.69, 9.17) is 11.6 Å². The summed E-state index contributed by atoms with van der Waals surface area (Å²) in [6, 6.07) is 2.06. The molecule has 2 N–H and O–H groups in total. The van der Waals surface area contributed by atoms with E-state index >= 15 is 0 Å². The zero-order valence-corrected chi connectivity index (χ0v) is 12.3. The first kappa shape index (κ1) is 15.2. The predicted octanol–water partition coefficient (Wildman–Crippen LogP) is 1.20. The molecule has 1 aromatic carbocycles. The lowest BCUT2D eigenvalue weighted by Crippen LogP contribution is -2.36. The molecule has 110 valence electrons. The van der Waals surface area contributed by atoms with Crippen LogP contribution >= 0.6 is 11.6 Å². The van der Waals surface area contributed by atoms with E-state index in [0.29, 0.717) is 13.0 Å². The maximum Gasteiger partial charge on any atom is 0.275 e. The summed E-state index contributed by atoms with van der Waals surface area (Å²) in [6.45, 7) is 2.76. The second kappa shape index (κ2) is 5.65. The fourth-order valence-corrected chi connectivity index (χ4v) is 3.62. The van der Waals surface area contributed by atoms with Crippen LogP contribution in [-0.2, 0) is 10.0 Å². The van der Waals surface area contributed by atoms with Crippen LogP contribution in [0.5, 0.6) is 0 Å². The Hall–Kier alpha value is -1.22. The molecule has 1 fully saturated rings. The number of rotatable bonds is 4. The molecule has 0 spiro atoms. The average Bonchev–Trinajstić information content (AvgIpc) is 2.83. The molecule has 0 bridgehead atoms. The van der Waals surface area contributed by atoms with Gasteiger partial charge in [-0.2, -0.15) is 0 Å². The van der Waals surface area contributed by atoms with Crippen molar-refractivity contribution in [3.63, 3.8) is 0 Å². The summed E-state index contributed by atoms with van der Waals surface area (Å²) >= 11 is 5.88. The van der Waals surface area contributed by atoms with E-state index in [-0.39, 0.29) is 27.2 Å². The largest absolute Gasteiger partial charge is 0.315 e. The maximum atomic E-state index is 12.2. The van der Waals surface area contributed by atoms with Crippen molar-refractivity contribution in [2.24, 2.45) is 0 Å². The van der Waals surface area contributed by atoms with E-state index in [1.165, 1.54) is 13.0 Å². The molecule has 0 amide bonds. The van der Waals surface area contributed by atoms with Gasteiger partial charge in [-0.25, -0.2) is 13.1 Å². The van der Waals surface area contributed by atoms with Crippen LogP contribution in [0.3, 0.4) is 0 Å². The molecule has 7 nitrogen and oxygen atoms in total. The molecular weight excluding hydrogens is 306 g/mol. The summed E-state index contributed by atoms with van der Waals surface area (Å²) in [5, 5.41) is 14.0. The van der Waals surface area contributed by atoms with Gasteiger partial charge in [0.05, 0.1) is 14.8 Å². The minimum absolute atomic E-state index is 0.0594. The summed E-state index contributed by atoms with van der Waals surface area (Å²) in [6.07, 6.45) is 0.681. The van der Waals surface area contributed by atoms with Crippen molar-refractivity contribution >= 4 is 27.3 Å². The topological polar surface area (TPSA) is 101 Å². The first-order chi connectivity index (χ1) is 9.31. The molecule has 9 heteroatoms. The molecule has 0 aliphatic carbocycles. The Balaban J connectivity index is 2.38. The highest BCUT2D eigenvalue weighted by Crippen LogP contribution is 2.29. The van der Waals surface area contributed by atoms with Crippen LogP contribution in [0.2, 0.25) is 5.02 Å². The van der Waals surface area contributed by atoms with Gasteiger partial charge in [0.15, 0.2) is 0 Å². The highest BCUT2D eigenvalue weighted by Gasteiger charge is 2.26. The Labute approximate surface area is 121 Å². The quantitative estimate of drug-likeness (QED) is 0.641. The number of nitrogens with one attached hydrogen (secondary N) is 2. The van der Waals surface area contributed by atoms with Crippen LogP contribution in [-0.4, -0.2) is 32.5 Å². The van der Waals surface area contributed by atoms with Crippen LogP contribution in [0.1, 0.15) is 12.0 Å². The van der Waals surface area contributed by atoms with Crippen LogP contribution in [0.15, 0.2) is 17.0 Å². The molecule has 0 radical (unpaired) electrons. The summed E-state index contributed by atoms with van der Waals surface area (Å²) < 4.78 is 26.9. The first-order valence-corrected chi connectivity index (χ1v) is 7.85. The second-order valence-corrected chi connectivity index (χ2v) is 6.74. The van der Waals surface area contributed by atoms with Gasteiger partial charge in [-0.3, -0.25) is 10.1 Å². The SMILES string of the molecule is Cc1c(Cl)cc(S(=O)(=O)NC2CCNC2)cc1[N+](=O)[O-]. The number of nitro benzene ring substituents is 1. The maximum absolute atomic E-state index is 12.2. The van der Waals surface area contributed by atoms with Crippen molar-refractivity contribution < 1.29 is 13.3 Å². The zero-order chi connectivity index (χ0) is 14.9. The molecule has 0 aromatic heterocycles. The number of sulfonamides is 1. The predicted molar refractivity (Wildman–Crippen MR) is 74.4 cm³/mol. The summed E-state index contributed by atoms with van der Waals surface area (Å²) in [5.74, 6) is 0. The van der Waals surface area contributed by atoms with Gasteiger partial charge in [-0.05, 0) is 26.0 Å². The van der Waals surface area contributed by atoms with Gasteiger partial charge in [0.1, 0.15) is 0 Å². The van der Waals surface area contributed by atoms with Gasteiger partial charge >= 0.3 is 0 Å². The fourth-order valence-electron chi connectivity index (χ4n) is 2.03. The third kappa shape index (κ3) is 3.09. The number of benzene rings is 1. The highest BCUT2D eigenvalue weighted by molar-refractivity contribution is 7.89. The van der Waals surface area contributed by atoms with E-state index < -0.39 is 14.9 Å². The molecule has 0 saturated carbocycles. The van der Waals surface area contributed by atoms with Crippen molar-refractivity contribution in [1.29, 1.82) is 0 Å². The monoisotopic (exact) mass is 319 g/mol. The highest BCUT2D eigenvalue weighted by atomic mass is 35.5. The molecule has 1 atom stereocenters. The molecule has 1 saturated heterocycles. The van der Waals surface area contributed by atoms with Crippen LogP contribution < -0.4 is 10.0 Å². The average molecular weight is 320 g/mol. The third-order valence-corrected chi connectivity index (χ3v) is 5.07. The molecule has 1 heterocycles. The molecule has 2 rings (SSSR count). The van der Waals surface area contributed by atoms with Crippen molar-refractivity contribution in [2.75, 3.05) is 13.1 Å². The minimum Gasteiger partial charge on any atom is -0.315 e.